The van der Waals surface area contributed by atoms with Crippen LogP contribution in [0.3, 0.4) is 0 Å². The van der Waals surface area contributed by atoms with E-state index in [1.807, 2.05) is 6.92 Å². The highest BCUT2D eigenvalue weighted by Gasteiger charge is 2.26. The molecule has 0 atom stereocenters. The highest BCUT2D eigenvalue weighted by molar-refractivity contribution is 7.89. The lowest BCUT2D eigenvalue weighted by Gasteiger charge is -2.20. The second-order valence-corrected chi connectivity index (χ2v) is 6.41. The molecule has 0 N–H and O–H groups in total. The number of nitro benzene ring substituents is 1. The number of hydrogen-bond donors (Lipinski definition) is 0. The first kappa shape index (κ1) is 17.8. The number of sulfonamides is 1. The zero-order valence-electron chi connectivity index (χ0n) is 11.8. The summed E-state index contributed by atoms with van der Waals surface area (Å²) in [6.45, 7) is 4.68. The van der Waals surface area contributed by atoms with Crippen LogP contribution >= 0.6 is 11.6 Å². The van der Waals surface area contributed by atoms with Gasteiger partial charge < -0.3 is 4.74 Å². The van der Waals surface area contributed by atoms with Crippen LogP contribution in [-0.2, 0) is 14.8 Å². The van der Waals surface area contributed by atoms with E-state index in [-0.39, 0.29) is 29.6 Å². The van der Waals surface area contributed by atoms with Crippen molar-refractivity contribution in [1.29, 1.82) is 0 Å². The number of nitro groups is 1. The van der Waals surface area contributed by atoms with Crippen molar-refractivity contribution < 1.29 is 18.1 Å². The summed E-state index contributed by atoms with van der Waals surface area (Å²) in [5.41, 5.74) is -0.432. The third-order valence-corrected chi connectivity index (χ3v) is 5.08. The first-order valence-corrected chi connectivity index (χ1v) is 8.18. The van der Waals surface area contributed by atoms with Gasteiger partial charge in [-0.1, -0.05) is 18.5 Å². The predicted octanol–water partition coefficient (Wildman–Crippen LogP) is 2.30. The number of nitrogens with zero attached hydrogens (tertiary/aromatic N) is 2. The smallest absolute Gasteiger partial charge is 0.289 e. The average Bonchev–Trinajstić information content (AvgIpc) is 2.43. The Morgan fingerprint density at radius 2 is 2.05 bits per heavy atom. The SMILES string of the molecule is CCOCCN(CC)S(=O)(=O)c1ccc(Cl)c([N+](=O)[O-])c1. The van der Waals surface area contributed by atoms with Crippen molar-refractivity contribution >= 4 is 27.3 Å². The van der Waals surface area contributed by atoms with E-state index in [1.54, 1.807) is 6.92 Å². The van der Waals surface area contributed by atoms with Crippen LogP contribution in [0.15, 0.2) is 23.1 Å². The fraction of sp³-hybridized carbons (Fsp3) is 0.500. The van der Waals surface area contributed by atoms with Crippen molar-refractivity contribution in [1.82, 2.24) is 4.31 Å². The van der Waals surface area contributed by atoms with Gasteiger partial charge in [0.1, 0.15) is 5.02 Å². The van der Waals surface area contributed by atoms with Crippen LogP contribution in [0.2, 0.25) is 5.02 Å². The van der Waals surface area contributed by atoms with Gasteiger partial charge in [-0.15, -0.1) is 0 Å². The van der Waals surface area contributed by atoms with Crippen LogP contribution in [0.25, 0.3) is 0 Å². The van der Waals surface area contributed by atoms with Crippen LogP contribution in [0.1, 0.15) is 13.8 Å². The van der Waals surface area contributed by atoms with E-state index >= 15 is 0 Å². The molecule has 0 heterocycles. The van der Waals surface area contributed by atoms with Gasteiger partial charge in [-0.05, 0) is 19.1 Å². The number of likely N-dealkylation sites (N-methyl/N-ethyl adjacent to an activating group) is 1. The number of hydrogen-bond acceptors (Lipinski definition) is 5. The molecule has 0 spiro atoms. The molecule has 0 aliphatic rings. The van der Waals surface area contributed by atoms with Crippen molar-refractivity contribution in [3.63, 3.8) is 0 Å². The summed E-state index contributed by atoms with van der Waals surface area (Å²) in [5, 5.41) is 10.7. The van der Waals surface area contributed by atoms with Crippen molar-refractivity contribution in [3.8, 4) is 0 Å². The second-order valence-electron chi connectivity index (χ2n) is 4.06. The first-order valence-electron chi connectivity index (χ1n) is 6.36. The fourth-order valence-corrected chi connectivity index (χ4v) is 3.34. The lowest BCUT2D eigenvalue weighted by atomic mass is 10.3. The molecule has 0 saturated carbocycles. The molecule has 1 aromatic carbocycles. The van der Waals surface area contributed by atoms with Gasteiger partial charge in [0.2, 0.25) is 10.0 Å². The lowest BCUT2D eigenvalue weighted by molar-refractivity contribution is -0.384. The highest BCUT2D eigenvalue weighted by atomic mass is 35.5. The monoisotopic (exact) mass is 336 g/mol. The topological polar surface area (TPSA) is 89.8 Å². The Labute approximate surface area is 128 Å². The van der Waals surface area contributed by atoms with Crippen LogP contribution in [0.5, 0.6) is 0 Å². The Morgan fingerprint density at radius 3 is 2.57 bits per heavy atom. The van der Waals surface area contributed by atoms with Crippen molar-refractivity contribution in [2.75, 3.05) is 26.3 Å². The van der Waals surface area contributed by atoms with E-state index in [0.717, 1.165) is 6.07 Å². The quantitative estimate of drug-likeness (QED) is 0.413. The van der Waals surface area contributed by atoms with E-state index in [9.17, 15) is 18.5 Å². The summed E-state index contributed by atoms with van der Waals surface area (Å²) >= 11 is 5.69. The van der Waals surface area contributed by atoms with Gasteiger partial charge in [-0.25, -0.2) is 8.42 Å². The molecule has 0 aromatic heterocycles. The molecule has 0 saturated heterocycles. The summed E-state index contributed by atoms with van der Waals surface area (Å²) in [7, 11) is -3.81. The predicted molar refractivity (Wildman–Crippen MR) is 79.0 cm³/mol. The normalized spacial score (nSPS) is 11.8. The van der Waals surface area contributed by atoms with Crippen molar-refractivity contribution in [2.24, 2.45) is 0 Å². The lowest BCUT2D eigenvalue weighted by Crippen LogP contribution is -2.34. The highest BCUT2D eigenvalue weighted by Crippen LogP contribution is 2.28. The number of rotatable bonds is 8. The number of halogens is 1. The Hall–Kier alpha value is -1.22. The minimum absolute atomic E-state index is 0.101. The van der Waals surface area contributed by atoms with Crippen LogP contribution in [0.4, 0.5) is 5.69 Å². The second kappa shape index (κ2) is 7.69. The maximum atomic E-state index is 12.4. The minimum Gasteiger partial charge on any atom is -0.380 e. The first-order chi connectivity index (χ1) is 9.84. The van der Waals surface area contributed by atoms with Crippen LogP contribution < -0.4 is 0 Å². The van der Waals surface area contributed by atoms with E-state index < -0.39 is 20.6 Å². The third-order valence-electron chi connectivity index (χ3n) is 2.79. The maximum Gasteiger partial charge on any atom is 0.289 e. The molecule has 21 heavy (non-hydrogen) atoms. The maximum absolute atomic E-state index is 12.4. The molecule has 0 unspecified atom stereocenters. The molecule has 1 rings (SSSR count). The van der Waals surface area contributed by atoms with Gasteiger partial charge in [0.05, 0.1) is 16.4 Å². The molecule has 0 radical (unpaired) electrons. The van der Waals surface area contributed by atoms with Gasteiger partial charge in [0, 0.05) is 25.8 Å². The summed E-state index contributed by atoms with van der Waals surface area (Å²) in [5.74, 6) is 0. The molecule has 0 fully saturated rings. The number of ether oxygens (including phenoxy) is 1. The van der Waals surface area contributed by atoms with Crippen LogP contribution in [-0.4, -0.2) is 43.9 Å². The van der Waals surface area contributed by atoms with Gasteiger partial charge >= 0.3 is 0 Å². The zero-order chi connectivity index (χ0) is 16.0. The van der Waals surface area contributed by atoms with E-state index in [4.69, 9.17) is 16.3 Å². The molecule has 118 valence electrons. The molecule has 7 nitrogen and oxygen atoms in total. The van der Waals surface area contributed by atoms with Gasteiger partial charge in [0.25, 0.3) is 5.69 Å². The molecule has 9 heteroatoms. The zero-order valence-corrected chi connectivity index (χ0v) is 13.4. The van der Waals surface area contributed by atoms with E-state index in [0.29, 0.717) is 6.61 Å². The molecule has 1 aromatic rings. The van der Waals surface area contributed by atoms with E-state index in [1.165, 1.54) is 16.4 Å². The van der Waals surface area contributed by atoms with Crippen molar-refractivity contribution in [2.45, 2.75) is 18.7 Å². The molecule has 0 aliphatic carbocycles. The Bertz CT molecular complexity index is 606. The summed E-state index contributed by atoms with van der Waals surface area (Å²) < 4.78 is 31.2. The van der Waals surface area contributed by atoms with Gasteiger partial charge in [-0.2, -0.15) is 4.31 Å². The summed E-state index contributed by atoms with van der Waals surface area (Å²) in [6.07, 6.45) is 0. The van der Waals surface area contributed by atoms with E-state index in [2.05, 4.69) is 0 Å². The fourth-order valence-electron chi connectivity index (χ4n) is 1.70. The standard InChI is InChI=1S/C12H17ClN2O5S/c1-3-14(7-8-20-4-2)21(18,19)10-5-6-11(13)12(9-10)15(16)17/h5-6,9H,3-4,7-8H2,1-2H3. The Balaban J connectivity index is 3.11. The molecular formula is C12H17ClN2O5S. The van der Waals surface area contributed by atoms with Gasteiger partial charge in [-0.3, -0.25) is 10.1 Å². The Kier molecular flexibility index (Phi) is 6.53. The number of benzene rings is 1. The Morgan fingerprint density at radius 1 is 1.38 bits per heavy atom. The summed E-state index contributed by atoms with van der Waals surface area (Å²) in [4.78, 5) is 9.98. The van der Waals surface area contributed by atoms with Crippen molar-refractivity contribution in [3.05, 3.63) is 33.3 Å². The molecule has 0 bridgehead atoms. The largest absolute Gasteiger partial charge is 0.380 e. The minimum atomic E-state index is -3.81. The third kappa shape index (κ3) is 4.37. The average molecular weight is 337 g/mol. The van der Waals surface area contributed by atoms with Gasteiger partial charge in [0.15, 0.2) is 0 Å². The summed E-state index contributed by atoms with van der Waals surface area (Å²) in [6, 6.07) is 3.44. The molecule has 0 aliphatic heterocycles. The molecule has 0 amide bonds. The van der Waals surface area contributed by atoms with Crippen LogP contribution in [0, 0.1) is 10.1 Å². The molecular weight excluding hydrogens is 320 g/mol.